The zero-order valence-electron chi connectivity index (χ0n) is 16.5. The number of imidazole rings is 1. The van der Waals surface area contributed by atoms with Gasteiger partial charge in [0.25, 0.3) is 5.91 Å². The highest BCUT2D eigenvalue weighted by Crippen LogP contribution is 2.18. The van der Waals surface area contributed by atoms with E-state index in [4.69, 9.17) is 9.84 Å². The van der Waals surface area contributed by atoms with Gasteiger partial charge in [0.05, 0.1) is 16.7 Å². The maximum absolute atomic E-state index is 12.5. The number of fused-ring (bicyclic) bond motifs is 1. The number of aliphatic carboxylic acids is 1. The van der Waals surface area contributed by atoms with E-state index in [9.17, 15) is 9.59 Å². The quantitative estimate of drug-likeness (QED) is 0.473. The second-order valence-electron chi connectivity index (χ2n) is 6.45. The summed E-state index contributed by atoms with van der Waals surface area (Å²) in [5.74, 6) is -0.00601. The number of rotatable bonds is 7. The summed E-state index contributed by atoms with van der Waals surface area (Å²) in [7, 11) is 0. The maximum Gasteiger partial charge on any atom is 0.341 e. The van der Waals surface area contributed by atoms with Crippen LogP contribution in [0.4, 0.5) is 0 Å². The summed E-state index contributed by atoms with van der Waals surface area (Å²) >= 11 is 0. The molecule has 0 bridgehead atoms. The number of hydrazone groups is 1. The summed E-state index contributed by atoms with van der Waals surface area (Å²) in [6.45, 7) is 6.18. The number of carboxylic acids is 1. The lowest BCUT2D eigenvalue weighted by Crippen LogP contribution is -2.19. The molecule has 1 amide bonds. The van der Waals surface area contributed by atoms with Crippen molar-refractivity contribution < 1.29 is 19.4 Å². The first-order valence-corrected chi connectivity index (χ1v) is 9.15. The molecule has 150 valence electrons. The van der Waals surface area contributed by atoms with Crippen LogP contribution in [0.25, 0.3) is 11.0 Å². The van der Waals surface area contributed by atoms with Gasteiger partial charge in [-0.25, -0.2) is 15.2 Å². The molecule has 0 radical (unpaired) electrons. The molecule has 2 aromatic carbocycles. The van der Waals surface area contributed by atoms with E-state index in [1.54, 1.807) is 43.3 Å². The molecule has 3 aromatic rings. The van der Waals surface area contributed by atoms with Gasteiger partial charge in [-0.15, -0.1) is 0 Å². The van der Waals surface area contributed by atoms with Crippen molar-refractivity contribution in [3.05, 3.63) is 59.4 Å². The van der Waals surface area contributed by atoms with Gasteiger partial charge in [-0.2, -0.15) is 5.10 Å². The SMILES string of the molecule is CCn1c(C)nc2cc(C(=O)N/N=C(/C)c3ccc(OCC(=O)O)cc3)ccc21. The van der Waals surface area contributed by atoms with Crippen LogP contribution in [0.15, 0.2) is 47.6 Å². The largest absolute Gasteiger partial charge is 0.482 e. The Morgan fingerprint density at radius 1 is 1.17 bits per heavy atom. The monoisotopic (exact) mass is 394 g/mol. The fourth-order valence-corrected chi connectivity index (χ4v) is 2.99. The third-order valence-corrected chi connectivity index (χ3v) is 4.48. The number of carbonyl (C=O) groups is 2. The van der Waals surface area contributed by atoms with Crippen LogP contribution in [0.1, 0.15) is 35.6 Å². The van der Waals surface area contributed by atoms with Crippen LogP contribution in [-0.4, -0.2) is 38.9 Å². The first kappa shape index (κ1) is 20.1. The lowest BCUT2D eigenvalue weighted by Gasteiger charge is -2.06. The third kappa shape index (κ3) is 4.60. The molecule has 0 unspecified atom stereocenters. The van der Waals surface area contributed by atoms with Gasteiger partial charge >= 0.3 is 5.97 Å². The molecule has 0 atom stereocenters. The van der Waals surface area contributed by atoms with Crippen LogP contribution >= 0.6 is 0 Å². The zero-order chi connectivity index (χ0) is 21.0. The van der Waals surface area contributed by atoms with E-state index < -0.39 is 12.6 Å². The van der Waals surface area contributed by atoms with Crippen molar-refractivity contribution in [2.75, 3.05) is 6.61 Å². The Kier molecular flexibility index (Phi) is 5.92. The summed E-state index contributed by atoms with van der Waals surface area (Å²) in [5, 5.41) is 12.8. The van der Waals surface area contributed by atoms with E-state index in [1.807, 2.05) is 13.0 Å². The van der Waals surface area contributed by atoms with Crippen LogP contribution in [0.5, 0.6) is 5.75 Å². The van der Waals surface area contributed by atoms with Crippen LogP contribution in [-0.2, 0) is 11.3 Å². The van der Waals surface area contributed by atoms with Crippen molar-refractivity contribution in [2.45, 2.75) is 27.3 Å². The Hall–Kier alpha value is -3.68. The summed E-state index contributed by atoms with van der Waals surface area (Å²) in [5.41, 5.74) is 6.19. The standard InChI is InChI=1S/C21H22N4O4/c1-4-25-14(3)22-18-11-16(7-10-19(18)25)21(28)24-23-13(2)15-5-8-17(9-6-15)29-12-20(26)27/h5-11H,4,12H2,1-3H3,(H,24,28)(H,26,27)/b23-13-. The smallest absolute Gasteiger partial charge is 0.341 e. The van der Waals surface area contributed by atoms with Gasteiger partial charge in [-0.1, -0.05) is 0 Å². The number of aromatic nitrogens is 2. The number of hydrogen-bond donors (Lipinski definition) is 2. The number of carboxylic acid groups (broad SMARTS) is 1. The van der Waals surface area contributed by atoms with Gasteiger partial charge in [0, 0.05) is 12.1 Å². The molecule has 3 rings (SSSR count). The molecule has 8 nitrogen and oxygen atoms in total. The molecule has 0 saturated carbocycles. The molecule has 0 aliphatic rings. The Bertz CT molecular complexity index is 1080. The minimum atomic E-state index is -1.04. The van der Waals surface area contributed by atoms with E-state index >= 15 is 0 Å². The predicted molar refractivity (Wildman–Crippen MR) is 109 cm³/mol. The van der Waals surface area contributed by atoms with E-state index in [0.717, 1.165) is 29.0 Å². The Morgan fingerprint density at radius 3 is 2.52 bits per heavy atom. The van der Waals surface area contributed by atoms with Crippen molar-refractivity contribution in [2.24, 2.45) is 5.10 Å². The van der Waals surface area contributed by atoms with Crippen molar-refractivity contribution in [3.8, 4) is 5.75 Å². The van der Waals surface area contributed by atoms with Crippen LogP contribution in [0, 0.1) is 6.92 Å². The number of aryl methyl sites for hydroxylation is 2. The Balaban J connectivity index is 1.69. The van der Waals surface area contributed by atoms with Crippen molar-refractivity contribution >= 4 is 28.6 Å². The molecule has 29 heavy (non-hydrogen) atoms. The molecule has 0 aliphatic carbocycles. The molecule has 0 aliphatic heterocycles. The minimum Gasteiger partial charge on any atom is -0.482 e. The fraction of sp³-hybridized carbons (Fsp3) is 0.238. The molecule has 0 fully saturated rings. The molecule has 0 spiro atoms. The zero-order valence-corrected chi connectivity index (χ0v) is 16.5. The molecule has 0 saturated heterocycles. The number of hydrogen-bond acceptors (Lipinski definition) is 5. The highest BCUT2D eigenvalue weighted by Gasteiger charge is 2.11. The van der Waals surface area contributed by atoms with Gasteiger partial charge in [0.1, 0.15) is 11.6 Å². The lowest BCUT2D eigenvalue weighted by atomic mass is 10.1. The van der Waals surface area contributed by atoms with Crippen molar-refractivity contribution in [1.82, 2.24) is 15.0 Å². The first-order valence-electron chi connectivity index (χ1n) is 9.15. The fourth-order valence-electron chi connectivity index (χ4n) is 2.99. The van der Waals surface area contributed by atoms with E-state index in [1.165, 1.54) is 0 Å². The first-order chi connectivity index (χ1) is 13.9. The summed E-state index contributed by atoms with van der Waals surface area (Å²) in [4.78, 5) is 27.5. The van der Waals surface area contributed by atoms with E-state index in [2.05, 4.69) is 27.0 Å². The topological polar surface area (TPSA) is 106 Å². The third-order valence-electron chi connectivity index (χ3n) is 4.48. The van der Waals surface area contributed by atoms with E-state index in [0.29, 0.717) is 17.0 Å². The second kappa shape index (κ2) is 8.55. The summed E-state index contributed by atoms with van der Waals surface area (Å²) in [6.07, 6.45) is 0. The highest BCUT2D eigenvalue weighted by molar-refractivity contribution is 6.01. The van der Waals surface area contributed by atoms with Crippen molar-refractivity contribution in [1.29, 1.82) is 0 Å². The Morgan fingerprint density at radius 2 is 1.86 bits per heavy atom. The van der Waals surface area contributed by atoms with E-state index in [-0.39, 0.29) is 5.91 Å². The summed E-state index contributed by atoms with van der Waals surface area (Å²) < 4.78 is 7.18. The van der Waals surface area contributed by atoms with Gasteiger partial charge in [-0.05, 0) is 68.8 Å². The van der Waals surface area contributed by atoms with Gasteiger partial charge < -0.3 is 14.4 Å². The number of nitrogens with one attached hydrogen (secondary N) is 1. The average Bonchev–Trinajstić information content (AvgIpc) is 3.04. The molecule has 2 N–H and O–H groups in total. The van der Waals surface area contributed by atoms with Crippen LogP contribution in [0.3, 0.4) is 0 Å². The minimum absolute atomic E-state index is 0.323. The predicted octanol–water partition coefficient (Wildman–Crippen LogP) is 2.98. The number of ether oxygens (including phenoxy) is 1. The van der Waals surface area contributed by atoms with Gasteiger partial charge in [-0.3, -0.25) is 4.79 Å². The number of amides is 1. The highest BCUT2D eigenvalue weighted by atomic mass is 16.5. The number of carbonyl (C=O) groups excluding carboxylic acids is 1. The molecular formula is C21H22N4O4. The molecular weight excluding hydrogens is 372 g/mol. The molecule has 1 aromatic heterocycles. The molecule has 1 heterocycles. The number of benzene rings is 2. The van der Waals surface area contributed by atoms with Crippen molar-refractivity contribution in [3.63, 3.8) is 0 Å². The number of nitrogens with zero attached hydrogens (tertiary/aromatic N) is 3. The average molecular weight is 394 g/mol. The Labute approximate surface area is 167 Å². The van der Waals surface area contributed by atoms with Crippen LogP contribution < -0.4 is 10.2 Å². The van der Waals surface area contributed by atoms with Gasteiger partial charge in [0.2, 0.25) is 0 Å². The molecule has 8 heteroatoms. The normalized spacial score (nSPS) is 11.5. The lowest BCUT2D eigenvalue weighted by molar-refractivity contribution is -0.139. The van der Waals surface area contributed by atoms with Crippen LogP contribution in [0.2, 0.25) is 0 Å². The maximum atomic E-state index is 12.5. The summed E-state index contributed by atoms with van der Waals surface area (Å²) in [6, 6.07) is 12.2. The van der Waals surface area contributed by atoms with Gasteiger partial charge in [0.15, 0.2) is 6.61 Å². The second-order valence-corrected chi connectivity index (χ2v) is 6.45.